The first-order valence-corrected chi connectivity index (χ1v) is 6.22. The molecule has 0 spiro atoms. The van der Waals surface area contributed by atoms with E-state index < -0.39 is 5.97 Å². The molecule has 0 atom stereocenters. The zero-order valence-corrected chi connectivity index (χ0v) is 11.9. The number of methoxy groups -OCH3 is 1. The molecule has 0 fully saturated rings. The van der Waals surface area contributed by atoms with Crippen molar-refractivity contribution >= 4 is 21.9 Å². The number of halogens is 1. The van der Waals surface area contributed by atoms with Gasteiger partial charge in [-0.2, -0.15) is 0 Å². The fraction of sp³-hybridized carbons (Fsp3) is 0.462. The number of rotatable bonds is 5. The third kappa shape index (κ3) is 3.73. The van der Waals surface area contributed by atoms with Gasteiger partial charge in [0.1, 0.15) is 5.75 Å². The van der Waals surface area contributed by atoms with Crippen LogP contribution in [0.3, 0.4) is 0 Å². The van der Waals surface area contributed by atoms with Crippen LogP contribution in [0.5, 0.6) is 5.75 Å². The standard InChI is InChI=1S/C13H17BrO3/c1-13(2,7-6-12(15)16)9-4-5-11(17-3)10(14)8-9/h4-5,8H,6-7H2,1-3H3,(H,15,16). The maximum atomic E-state index is 10.6. The summed E-state index contributed by atoms with van der Waals surface area (Å²) in [5.41, 5.74) is 0.944. The van der Waals surface area contributed by atoms with Gasteiger partial charge in [0.25, 0.3) is 0 Å². The summed E-state index contributed by atoms with van der Waals surface area (Å²) in [6.45, 7) is 4.09. The topological polar surface area (TPSA) is 46.5 Å². The predicted molar refractivity (Wildman–Crippen MR) is 70.6 cm³/mol. The summed E-state index contributed by atoms with van der Waals surface area (Å²) in [4.78, 5) is 10.6. The lowest BCUT2D eigenvalue weighted by Gasteiger charge is -2.25. The average Bonchev–Trinajstić information content (AvgIpc) is 2.26. The van der Waals surface area contributed by atoms with E-state index in [4.69, 9.17) is 9.84 Å². The Kier molecular flexibility index (Phi) is 4.57. The number of hydrogen-bond acceptors (Lipinski definition) is 2. The Hall–Kier alpha value is -1.03. The van der Waals surface area contributed by atoms with Crippen LogP contribution >= 0.6 is 15.9 Å². The third-order valence-electron chi connectivity index (χ3n) is 2.90. The highest BCUT2D eigenvalue weighted by Crippen LogP contribution is 2.34. The lowest BCUT2D eigenvalue weighted by molar-refractivity contribution is -0.137. The number of carbonyl (C=O) groups is 1. The maximum Gasteiger partial charge on any atom is 0.303 e. The molecule has 4 heteroatoms. The zero-order valence-electron chi connectivity index (χ0n) is 10.3. The molecule has 0 bridgehead atoms. The van der Waals surface area contributed by atoms with Gasteiger partial charge in [0.15, 0.2) is 0 Å². The summed E-state index contributed by atoms with van der Waals surface area (Å²) in [6.07, 6.45) is 0.789. The van der Waals surface area contributed by atoms with Gasteiger partial charge in [-0.05, 0) is 45.5 Å². The monoisotopic (exact) mass is 300 g/mol. The van der Waals surface area contributed by atoms with Gasteiger partial charge in [-0.3, -0.25) is 4.79 Å². The molecular weight excluding hydrogens is 284 g/mol. The van der Waals surface area contributed by atoms with Crippen LogP contribution in [0.15, 0.2) is 22.7 Å². The van der Waals surface area contributed by atoms with Gasteiger partial charge < -0.3 is 9.84 Å². The van der Waals surface area contributed by atoms with Gasteiger partial charge in [0.05, 0.1) is 11.6 Å². The maximum absolute atomic E-state index is 10.6. The van der Waals surface area contributed by atoms with Crippen LogP contribution in [0.4, 0.5) is 0 Å². The van der Waals surface area contributed by atoms with Crippen molar-refractivity contribution in [1.82, 2.24) is 0 Å². The number of benzene rings is 1. The van der Waals surface area contributed by atoms with Crippen LogP contribution in [-0.2, 0) is 10.2 Å². The molecule has 0 radical (unpaired) electrons. The molecule has 1 aromatic rings. The van der Waals surface area contributed by atoms with Gasteiger partial charge in [-0.1, -0.05) is 19.9 Å². The smallest absolute Gasteiger partial charge is 0.303 e. The average molecular weight is 301 g/mol. The van der Waals surface area contributed by atoms with Gasteiger partial charge in [0, 0.05) is 6.42 Å². The molecular formula is C13H17BrO3. The largest absolute Gasteiger partial charge is 0.496 e. The second-order valence-corrected chi connectivity index (χ2v) is 5.48. The second kappa shape index (κ2) is 5.54. The number of carboxylic acids is 1. The lowest BCUT2D eigenvalue weighted by Crippen LogP contribution is -2.18. The van der Waals surface area contributed by atoms with Crippen molar-refractivity contribution in [2.75, 3.05) is 7.11 Å². The molecule has 0 unspecified atom stereocenters. The SMILES string of the molecule is COc1ccc(C(C)(C)CCC(=O)O)cc1Br. The Morgan fingerprint density at radius 2 is 2.12 bits per heavy atom. The molecule has 0 aliphatic heterocycles. The van der Waals surface area contributed by atoms with E-state index in [2.05, 4.69) is 15.9 Å². The third-order valence-corrected chi connectivity index (χ3v) is 3.52. The molecule has 0 amide bonds. The lowest BCUT2D eigenvalue weighted by atomic mass is 9.80. The summed E-state index contributed by atoms with van der Waals surface area (Å²) in [5, 5.41) is 8.73. The number of hydrogen-bond donors (Lipinski definition) is 1. The van der Waals surface area contributed by atoms with Crippen molar-refractivity contribution in [2.45, 2.75) is 32.1 Å². The minimum absolute atomic E-state index is 0.160. The van der Waals surface area contributed by atoms with Gasteiger partial charge in [0.2, 0.25) is 0 Å². The molecule has 0 aromatic heterocycles. The minimum Gasteiger partial charge on any atom is -0.496 e. The molecule has 1 rings (SSSR count). The highest BCUT2D eigenvalue weighted by atomic mass is 79.9. The molecule has 0 saturated heterocycles. The molecule has 3 nitrogen and oxygen atoms in total. The van der Waals surface area contributed by atoms with Crippen LogP contribution in [0.1, 0.15) is 32.3 Å². The molecule has 17 heavy (non-hydrogen) atoms. The molecule has 0 aliphatic rings. The summed E-state index contributed by atoms with van der Waals surface area (Å²) < 4.78 is 6.06. The summed E-state index contributed by atoms with van der Waals surface area (Å²) in [6, 6.07) is 5.86. The van der Waals surface area contributed by atoms with E-state index in [-0.39, 0.29) is 11.8 Å². The van der Waals surface area contributed by atoms with E-state index >= 15 is 0 Å². The first-order chi connectivity index (χ1) is 7.86. The van der Waals surface area contributed by atoms with E-state index in [0.29, 0.717) is 6.42 Å². The van der Waals surface area contributed by atoms with E-state index in [1.54, 1.807) is 7.11 Å². The van der Waals surface area contributed by atoms with E-state index in [9.17, 15) is 4.79 Å². The molecule has 0 heterocycles. The normalized spacial score (nSPS) is 11.3. The number of ether oxygens (including phenoxy) is 1. The van der Waals surface area contributed by atoms with Crippen molar-refractivity contribution in [3.05, 3.63) is 28.2 Å². The molecule has 94 valence electrons. The molecule has 0 saturated carbocycles. The first-order valence-electron chi connectivity index (χ1n) is 5.42. The first kappa shape index (κ1) is 14.0. The Balaban J connectivity index is 2.90. The van der Waals surface area contributed by atoms with Crippen LogP contribution in [0.25, 0.3) is 0 Å². The van der Waals surface area contributed by atoms with Crippen molar-refractivity contribution in [3.63, 3.8) is 0 Å². The number of aliphatic carboxylic acids is 1. The van der Waals surface area contributed by atoms with E-state index in [1.807, 2.05) is 32.0 Å². The fourth-order valence-corrected chi connectivity index (χ4v) is 2.19. The highest BCUT2D eigenvalue weighted by molar-refractivity contribution is 9.10. The van der Waals surface area contributed by atoms with Gasteiger partial charge in [-0.25, -0.2) is 0 Å². The van der Waals surface area contributed by atoms with Crippen molar-refractivity contribution in [2.24, 2.45) is 0 Å². The quantitative estimate of drug-likeness (QED) is 0.904. The van der Waals surface area contributed by atoms with Crippen molar-refractivity contribution in [1.29, 1.82) is 0 Å². The van der Waals surface area contributed by atoms with Crippen molar-refractivity contribution in [3.8, 4) is 5.75 Å². The van der Waals surface area contributed by atoms with E-state index in [0.717, 1.165) is 15.8 Å². The van der Waals surface area contributed by atoms with Gasteiger partial charge >= 0.3 is 5.97 Å². The fourth-order valence-electron chi connectivity index (χ4n) is 1.65. The summed E-state index contributed by atoms with van der Waals surface area (Å²) in [7, 11) is 1.62. The van der Waals surface area contributed by atoms with Gasteiger partial charge in [-0.15, -0.1) is 0 Å². The highest BCUT2D eigenvalue weighted by Gasteiger charge is 2.22. The van der Waals surface area contributed by atoms with Crippen LogP contribution in [0.2, 0.25) is 0 Å². The predicted octanol–water partition coefficient (Wildman–Crippen LogP) is 3.60. The summed E-state index contributed by atoms with van der Waals surface area (Å²) >= 11 is 3.44. The summed E-state index contributed by atoms with van der Waals surface area (Å²) in [5.74, 6) is 0.0217. The number of carboxylic acid groups (broad SMARTS) is 1. The Morgan fingerprint density at radius 3 is 2.59 bits per heavy atom. The Morgan fingerprint density at radius 1 is 1.47 bits per heavy atom. The Labute approximate surface area is 110 Å². The molecule has 1 aromatic carbocycles. The second-order valence-electron chi connectivity index (χ2n) is 4.63. The minimum atomic E-state index is -0.759. The molecule has 1 N–H and O–H groups in total. The van der Waals surface area contributed by atoms with Crippen molar-refractivity contribution < 1.29 is 14.6 Å². The van der Waals surface area contributed by atoms with Crippen LogP contribution in [0, 0.1) is 0 Å². The zero-order chi connectivity index (χ0) is 13.1. The molecule has 0 aliphatic carbocycles. The van der Waals surface area contributed by atoms with Crippen LogP contribution in [-0.4, -0.2) is 18.2 Å². The Bertz CT molecular complexity index is 413. The van der Waals surface area contributed by atoms with E-state index in [1.165, 1.54) is 0 Å². The van der Waals surface area contributed by atoms with Crippen LogP contribution < -0.4 is 4.74 Å².